The molecule has 2 saturated carbocycles. The summed E-state index contributed by atoms with van der Waals surface area (Å²) in [6, 6.07) is 0. The standard InChI is InChI=1S/2C13H19.2ClH.Zr/c2*1-2-13(10-6-3-7-11-13)12-8-4-5-9-12;;;/h2*4,8H,2-3,5-7,10-11H2,1H3;2*1H;/q2*-1;;;+2. The third kappa shape index (κ3) is 7.22. The number of allylic oxidation sites excluding steroid dienone is 8. The van der Waals surface area contributed by atoms with Crippen LogP contribution in [-0.4, -0.2) is 0 Å². The Morgan fingerprint density at radius 3 is 1.24 bits per heavy atom. The van der Waals surface area contributed by atoms with Crippen molar-refractivity contribution in [1.29, 1.82) is 0 Å². The van der Waals surface area contributed by atoms with E-state index in [4.69, 9.17) is 0 Å². The van der Waals surface area contributed by atoms with Crippen LogP contribution in [0.3, 0.4) is 0 Å². The van der Waals surface area contributed by atoms with Gasteiger partial charge in [0.25, 0.3) is 0 Å². The number of rotatable bonds is 4. The normalized spacial score (nSPS) is 23.4. The summed E-state index contributed by atoms with van der Waals surface area (Å²) in [4.78, 5) is 0. The van der Waals surface area contributed by atoms with Crippen molar-refractivity contribution in [1.82, 2.24) is 0 Å². The number of halogens is 2. The average molecular weight is 515 g/mol. The van der Waals surface area contributed by atoms with Crippen LogP contribution in [0.15, 0.2) is 35.5 Å². The van der Waals surface area contributed by atoms with Gasteiger partial charge in [0.15, 0.2) is 0 Å². The third-order valence-corrected chi connectivity index (χ3v) is 7.51. The minimum absolute atomic E-state index is 0. The van der Waals surface area contributed by atoms with Crippen LogP contribution >= 0.6 is 24.8 Å². The van der Waals surface area contributed by atoms with Gasteiger partial charge in [-0.25, -0.2) is 23.3 Å². The van der Waals surface area contributed by atoms with Gasteiger partial charge in [-0.05, 0) is 49.4 Å². The molecular weight excluding hydrogens is 474 g/mol. The summed E-state index contributed by atoms with van der Waals surface area (Å²) >= 11 is 0. The minimum atomic E-state index is 0. The smallest absolute Gasteiger partial charge is 0.269 e. The van der Waals surface area contributed by atoms with E-state index in [0.29, 0.717) is 10.8 Å². The predicted molar refractivity (Wildman–Crippen MR) is 127 cm³/mol. The third-order valence-electron chi connectivity index (χ3n) is 7.51. The van der Waals surface area contributed by atoms with Gasteiger partial charge in [0.1, 0.15) is 0 Å². The molecular formula is C26H40Cl2Zr. The second kappa shape index (κ2) is 14.5. The van der Waals surface area contributed by atoms with Gasteiger partial charge in [0, 0.05) is 0 Å². The molecule has 0 amide bonds. The van der Waals surface area contributed by atoms with Crippen molar-refractivity contribution < 1.29 is 26.2 Å². The molecule has 0 aliphatic heterocycles. The van der Waals surface area contributed by atoms with E-state index in [2.05, 4.69) is 50.3 Å². The van der Waals surface area contributed by atoms with Crippen molar-refractivity contribution in [3.8, 4) is 0 Å². The molecule has 0 radical (unpaired) electrons. The summed E-state index contributed by atoms with van der Waals surface area (Å²) in [5.74, 6) is 0. The second-order valence-corrected chi connectivity index (χ2v) is 8.78. The van der Waals surface area contributed by atoms with Crippen molar-refractivity contribution >= 4 is 24.8 Å². The summed E-state index contributed by atoms with van der Waals surface area (Å²) in [7, 11) is 0. The Balaban J connectivity index is 0.000000490. The molecule has 0 aromatic heterocycles. The second-order valence-electron chi connectivity index (χ2n) is 8.78. The van der Waals surface area contributed by atoms with E-state index < -0.39 is 0 Å². The van der Waals surface area contributed by atoms with Crippen LogP contribution in [0.2, 0.25) is 0 Å². The fourth-order valence-electron chi connectivity index (χ4n) is 5.62. The molecule has 0 N–H and O–H groups in total. The zero-order valence-corrected chi connectivity index (χ0v) is 22.6. The summed E-state index contributed by atoms with van der Waals surface area (Å²) in [6.45, 7) is 4.68. The van der Waals surface area contributed by atoms with E-state index in [1.807, 2.05) is 0 Å². The first kappa shape index (κ1) is 29.4. The first-order valence-corrected chi connectivity index (χ1v) is 11.3. The molecule has 0 saturated heterocycles. The first-order chi connectivity index (χ1) is 12.7. The molecule has 0 spiro atoms. The molecule has 0 bridgehead atoms. The Hall–Kier alpha value is 0.423. The molecule has 29 heavy (non-hydrogen) atoms. The maximum atomic E-state index is 3.52. The van der Waals surface area contributed by atoms with Gasteiger partial charge >= 0.3 is 26.2 Å². The average Bonchev–Trinajstić information content (AvgIpc) is 3.44. The molecule has 162 valence electrons. The molecule has 0 aromatic carbocycles. The molecule has 4 aliphatic carbocycles. The molecule has 0 heterocycles. The molecule has 0 atom stereocenters. The van der Waals surface area contributed by atoms with E-state index in [1.54, 1.807) is 0 Å². The van der Waals surface area contributed by atoms with Gasteiger partial charge in [-0.2, -0.15) is 12.2 Å². The fraction of sp³-hybridized carbons (Fsp3) is 0.692. The maximum Gasteiger partial charge on any atom is 2.00 e. The number of hydrogen-bond donors (Lipinski definition) is 0. The summed E-state index contributed by atoms with van der Waals surface area (Å²) in [5, 5.41) is 0. The zero-order valence-electron chi connectivity index (χ0n) is 18.5. The van der Waals surface area contributed by atoms with Crippen molar-refractivity contribution in [2.75, 3.05) is 0 Å². The largest absolute Gasteiger partial charge is 2.00 e. The van der Waals surface area contributed by atoms with E-state index >= 15 is 0 Å². The van der Waals surface area contributed by atoms with Crippen LogP contribution in [0.1, 0.15) is 104 Å². The molecule has 4 aliphatic rings. The van der Waals surface area contributed by atoms with Gasteiger partial charge in [-0.3, -0.25) is 12.2 Å². The van der Waals surface area contributed by atoms with Crippen LogP contribution in [0, 0.1) is 23.0 Å². The van der Waals surface area contributed by atoms with Crippen LogP contribution in [0.5, 0.6) is 0 Å². The molecule has 0 nitrogen and oxygen atoms in total. The van der Waals surface area contributed by atoms with Crippen molar-refractivity contribution in [2.24, 2.45) is 10.8 Å². The number of hydrogen-bond acceptors (Lipinski definition) is 0. The fourth-order valence-corrected chi connectivity index (χ4v) is 5.62. The summed E-state index contributed by atoms with van der Waals surface area (Å²) < 4.78 is 0. The van der Waals surface area contributed by atoms with Gasteiger partial charge in [-0.15, -0.1) is 37.7 Å². The minimum Gasteiger partial charge on any atom is -0.269 e. The topological polar surface area (TPSA) is 0 Å². The van der Waals surface area contributed by atoms with Crippen LogP contribution in [-0.2, 0) is 26.2 Å². The molecule has 4 rings (SSSR count). The van der Waals surface area contributed by atoms with Gasteiger partial charge in [-0.1, -0.05) is 52.4 Å². The van der Waals surface area contributed by atoms with E-state index in [9.17, 15) is 0 Å². The molecule has 3 heteroatoms. The Bertz CT molecular complexity index is 522. The van der Waals surface area contributed by atoms with Crippen LogP contribution in [0.25, 0.3) is 0 Å². The molecule has 0 unspecified atom stereocenters. The van der Waals surface area contributed by atoms with Crippen LogP contribution in [0.4, 0.5) is 0 Å². The Labute approximate surface area is 212 Å². The van der Waals surface area contributed by atoms with Crippen LogP contribution < -0.4 is 0 Å². The Morgan fingerprint density at radius 2 is 1.00 bits per heavy atom. The van der Waals surface area contributed by atoms with Crippen molar-refractivity contribution in [3.05, 3.63) is 47.6 Å². The van der Waals surface area contributed by atoms with Gasteiger partial charge in [0.2, 0.25) is 0 Å². The maximum absolute atomic E-state index is 3.52. The summed E-state index contributed by atoms with van der Waals surface area (Å²) in [6.07, 6.45) is 35.1. The Kier molecular flexibility index (Phi) is 14.7. The monoisotopic (exact) mass is 512 g/mol. The van der Waals surface area contributed by atoms with Crippen molar-refractivity contribution in [2.45, 2.75) is 104 Å². The molecule has 2 fully saturated rings. The van der Waals surface area contributed by atoms with Crippen molar-refractivity contribution in [3.63, 3.8) is 0 Å². The van der Waals surface area contributed by atoms with E-state index in [-0.39, 0.29) is 51.0 Å². The SMILES string of the molecule is CCC1(C2=[C-]CC=C2)CCCCC1.CCC1(C2=[C-]CC=C2)CCCCC1.Cl.Cl.[Zr+2]. The van der Waals surface area contributed by atoms with E-state index in [0.717, 1.165) is 12.8 Å². The quantitative estimate of drug-likeness (QED) is 0.329. The van der Waals surface area contributed by atoms with Gasteiger partial charge in [0.05, 0.1) is 0 Å². The Morgan fingerprint density at radius 1 is 0.655 bits per heavy atom. The molecule has 0 aromatic rings. The predicted octanol–water partition coefficient (Wildman–Crippen LogP) is 8.91. The van der Waals surface area contributed by atoms with Gasteiger partial charge < -0.3 is 0 Å². The first-order valence-electron chi connectivity index (χ1n) is 11.3. The zero-order chi connectivity index (χ0) is 18.3. The van der Waals surface area contributed by atoms with E-state index in [1.165, 1.54) is 88.2 Å². The summed E-state index contributed by atoms with van der Waals surface area (Å²) in [5.41, 5.74) is 4.08.